The number of rotatable bonds is 7. The predicted octanol–water partition coefficient (Wildman–Crippen LogP) is 1.68. The van der Waals surface area contributed by atoms with Crippen molar-refractivity contribution in [3.8, 4) is 0 Å². The van der Waals surface area contributed by atoms with Crippen LogP contribution in [-0.4, -0.2) is 38.1 Å². The van der Waals surface area contributed by atoms with E-state index in [1.54, 1.807) is 4.52 Å². The Bertz CT molecular complexity index is 1030. The van der Waals surface area contributed by atoms with Crippen molar-refractivity contribution >= 4 is 23.6 Å². The molecule has 2 heterocycles. The molecule has 2 aromatic heterocycles. The summed E-state index contributed by atoms with van der Waals surface area (Å²) in [5.74, 6) is -0.229. The number of hydrogen-bond acceptors (Lipinski definition) is 7. The van der Waals surface area contributed by atoms with Crippen LogP contribution in [0.15, 0.2) is 30.3 Å². The molecule has 0 radical (unpaired) electrons. The van der Waals surface area contributed by atoms with Crippen molar-refractivity contribution in [3.05, 3.63) is 52.8 Å². The van der Waals surface area contributed by atoms with Crippen molar-refractivity contribution in [2.75, 3.05) is 12.3 Å². The molecular weight excluding hydrogens is 372 g/mol. The van der Waals surface area contributed by atoms with Gasteiger partial charge < -0.3 is 15.8 Å². The molecule has 1 atom stereocenters. The Morgan fingerprint density at radius 3 is 2.66 bits per heavy atom. The summed E-state index contributed by atoms with van der Waals surface area (Å²) >= 11 is 0. The molecule has 1 amide bonds. The number of carbonyl (C=O) groups is 2. The first-order valence-corrected chi connectivity index (χ1v) is 9.33. The van der Waals surface area contributed by atoms with Crippen LogP contribution in [0.1, 0.15) is 41.9 Å². The number of amides is 1. The Morgan fingerprint density at radius 1 is 1.21 bits per heavy atom. The van der Waals surface area contributed by atoms with Gasteiger partial charge in [0.15, 0.2) is 6.61 Å². The average molecular weight is 396 g/mol. The summed E-state index contributed by atoms with van der Waals surface area (Å²) in [6.07, 6.45) is 0.543. The van der Waals surface area contributed by atoms with Gasteiger partial charge in [-0.3, -0.25) is 9.59 Å². The van der Waals surface area contributed by atoms with Gasteiger partial charge in [0.2, 0.25) is 5.95 Å². The lowest BCUT2D eigenvalue weighted by Crippen LogP contribution is -2.31. The number of benzene rings is 1. The Kier molecular flexibility index (Phi) is 6.06. The van der Waals surface area contributed by atoms with E-state index >= 15 is 0 Å². The summed E-state index contributed by atoms with van der Waals surface area (Å²) in [5, 5.41) is 6.91. The number of carbonyl (C=O) groups excluding carboxylic acids is 2. The summed E-state index contributed by atoms with van der Waals surface area (Å²) in [6, 6.07) is 9.41. The van der Waals surface area contributed by atoms with Gasteiger partial charge in [-0.05, 0) is 38.3 Å². The van der Waals surface area contributed by atoms with E-state index in [-0.39, 0.29) is 30.9 Å². The summed E-state index contributed by atoms with van der Waals surface area (Å²) in [6.45, 7) is 5.28. The summed E-state index contributed by atoms with van der Waals surface area (Å²) in [4.78, 5) is 32.5. The van der Waals surface area contributed by atoms with Gasteiger partial charge >= 0.3 is 5.97 Å². The van der Waals surface area contributed by atoms with Crippen LogP contribution in [0.3, 0.4) is 0 Å². The van der Waals surface area contributed by atoms with E-state index in [1.165, 1.54) is 0 Å². The van der Waals surface area contributed by atoms with Crippen molar-refractivity contribution in [1.29, 1.82) is 0 Å². The lowest BCUT2D eigenvalue weighted by Gasteiger charge is -2.14. The first-order chi connectivity index (χ1) is 13.8. The van der Waals surface area contributed by atoms with Gasteiger partial charge in [-0.25, -0.2) is 4.98 Å². The number of nitrogens with zero attached hydrogens (tertiary/aromatic N) is 4. The molecule has 9 nitrogen and oxygen atoms in total. The highest BCUT2D eigenvalue weighted by molar-refractivity contribution is 5.80. The van der Waals surface area contributed by atoms with Crippen LogP contribution in [0.25, 0.3) is 5.78 Å². The zero-order chi connectivity index (χ0) is 21.0. The Hall–Kier alpha value is -3.49. The van der Waals surface area contributed by atoms with Crippen LogP contribution in [0.4, 0.5) is 5.95 Å². The fourth-order valence-corrected chi connectivity index (χ4v) is 3.14. The fraction of sp³-hybridized carbons (Fsp3) is 0.350. The molecule has 3 N–H and O–H groups in total. The van der Waals surface area contributed by atoms with E-state index < -0.39 is 5.97 Å². The van der Waals surface area contributed by atoms with Crippen LogP contribution < -0.4 is 11.1 Å². The minimum Gasteiger partial charge on any atom is -0.456 e. The summed E-state index contributed by atoms with van der Waals surface area (Å²) in [7, 11) is 0. The largest absolute Gasteiger partial charge is 0.456 e. The maximum atomic E-state index is 12.1. The normalized spacial score (nSPS) is 12.0. The molecule has 0 saturated heterocycles. The summed E-state index contributed by atoms with van der Waals surface area (Å²) in [5.41, 5.74) is 9.06. The molecule has 0 aliphatic heterocycles. The van der Waals surface area contributed by atoms with Crippen LogP contribution in [-0.2, 0) is 20.7 Å². The number of nitrogens with one attached hydrogen (secondary N) is 1. The topological polar surface area (TPSA) is 124 Å². The second kappa shape index (κ2) is 8.68. The first-order valence-electron chi connectivity index (χ1n) is 9.33. The zero-order valence-corrected chi connectivity index (χ0v) is 16.7. The monoisotopic (exact) mass is 396 g/mol. The van der Waals surface area contributed by atoms with Crippen LogP contribution >= 0.6 is 0 Å². The zero-order valence-electron chi connectivity index (χ0n) is 16.7. The molecule has 3 aromatic rings. The van der Waals surface area contributed by atoms with Gasteiger partial charge in [0.25, 0.3) is 11.7 Å². The highest BCUT2D eigenvalue weighted by Crippen LogP contribution is 2.16. The van der Waals surface area contributed by atoms with Gasteiger partial charge in [-0.15, -0.1) is 5.10 Å². The van der Waals surface area contributed by atoms with Crippen molar-refractivity contribution in [1.82, 2.24) is 24.9 Å². The third kappa shape index (κ3) is 4.87. The number of nitrogens with two attached hydrogens (primary N) is 1. The van der Waals surface area contributed by atoms with E-state index in [9.17, 15) is 9.59 Å². The number of aryl methyl sites for hydroxylation is 2. The molecule has 0 saturated carbocycles. The van der Waals surface area contributed by atoms with E-state index in [0.29, 0.717) is 12.2 Å². The third-order valence-electron chi connectivity index (χ3n) is 4.69. The molecule has 0 bridgehead atoms. The Balaban J connectivity index is 1.51. The lowest BCUT2D eigenvalue weighted by atomic mass is 10.1. The van der Waals surface area contributed by atoms with Gasteiger partial charge in [0, 0.05) is 17.8 Å². The molecule has 29 heavy (non-hydrogen) atoms. The third-order valence-corrected chi connectivity index (χ3v) is 4.69. The second-order valence-corrected chi connectivity index (χ2v) is 6.80. The fourth-order valence-electron chi connectivity index (χ4n) is 3.14. The lowest BCUT2D eigenvalue weighted by molar-refractivity contribution is -0.148. The number of nitrogen functional groups attached to an aromatic ring is 1. The highest BCUT2D eigenvalue weighted by Gasteiger charge is 2.15. The van der Waals surface area contributed by atoms with Crippen molar-refractivity contribution in [2.24, 2.45) is 0 Å². The summed E-state index contributed by atoms with van der Waals surface area (Å²) < 4.78 is 6.66. The van der Waals surface area contributed by atoms with E-state index in [1.807, 2.05) is 51.1 Å². The first kappa shape index (κ1) is 20.2. The van der Waals surface area contributed by atoms with E-state index in [2.05, 4.69) is 20.4 Å². The standard InChI is InChI=1S/C20H24N6O3/c1-12(15-7-5-4-6-8-15)22-17(27)11-29-18(28)10-9-16-13(2)23-20-24-19(21)25-26(20)14(16)3/h4-8,12H,9-11H2,1-3H3,(H2,21,25)(H,22,27)/t12-/m1/s1. The van der Waals surface area contributed by atoms with Crippen molar-refractivity contribution < 1.29 is 14.3 Å². The number of fused-ring (bicyclic) bond motifs is 1. The van der Waals surface area contributed by atoms with Gasteiger partial charge in [-0.2, -0.15) is 9.50 Å². The molecular formula is C20H24N6O3. The number of hydrogen-bond donors (Lipinski definition) is 2. The average Bonchev–Trinajstić information content (AvgIpc) is 3.07. The number of esters is 1. The molecule has 0 fully saturated rings. The maximum Gasteiger partial charge on any atom is 0.306 e. The van der Waals surface area contributed by atoms with Crippen LogP contribution in [0.5, 0.6) is 0 Å². The quantitative estimate of drug-likeness (QED) is 0.582. The Morgan fingerprint density at radius 2 is 1.93 bits per heavy atom. The predicted molar refractivity (Wildman–Crippen MR) is 107 cm³/mol. The SMILES string of the molecule is Cc1nc2nc(N)nn2c(C)c1CCC(=O)OCC(=O)N[C@H](C)c1ccccc1. The molecule has 152 valence electrons. The molecule has 0 unspecified atom stereocenters. The molecule has 9 heteroatoms. The van der Waals surface area contributed by atoms with Gasteiger partial charge in [-0.1, -0.05) is 30.3 Å². The van der Waals surface area contributed by atoms with Crippen molar-refractivity contribution in [2.45, 2.75) is 39.7 Å². The minimum absolute atomic E-state index is 0.126. The van der Waals surface area contributed by atoms with Crippen LogP contribution in [0, 0.1) is 13.8 Å². The Labute approximate surface area is 168 Å². The number of aromatic nitrogens is 4. The molecule has 0 aliphatic carbocycles. The number of ether oxygens (including phenoxy) is 1. The van der Waals surface area contributed by atoms with E-state index in [0.717, 1.165) is 22.5 Å². The van der Waals surface area contributed by atoms with E-state index in [4.69, 9.17) is 10.5 Å². The highest BCUT2D eigenvalue weighted by atomic mass is 16.5. The van der Waals surface area contributed by atoms with Crippen LogP contribution in [0.2, 0.25) is 0 Å². The van der Waals surface area contributed by atoms with Gasteiger partial charge in [0.1, 0.15) is 0 Å². The molecule has 3 rings (SSSR count). The van der Waals surface area contributed by atoms with Gasteiger partial charge in [0.05, 0.1) is 6.04 Å². The maximum absolute atomic E-state index is 12.1. The smallest absolute Gasteiger partial charge is 0.306 e. The minimum atomic E-state index is -0.454. The molecule has 0 aliphatic rings. The second-order valence-electron chi connectivity index (χ2n) is 6.80. The molecule has 1 aromatic carbocycles. The number of anilines is 1. The van der Waals surface area contributed by atoms with Crippen molar-refractivity contribution in [3.63, 3.8) is 0 Å². The molecule has 0 spiro atoms.